The number of hydrogen-bond donors (Lipinski definition) is 0. The summed E-state index contributed by atoms with van der Waals surface area (Å²) in [6.07, 6.45) is 3.86. The molecule has 3 aliphatic rings. The van der Waals surface area contributed by atoms with Gasteiger partial charge in [-0.1, -0.05) is 20.8 Å². The van der Waals surface area contributed by atoms with E-state index in [1.165, 1.54) is 19.3 Å². The summed E-state index contributed by atoms with van der Waals surface area (Å²) in [5, 5.41) is 0. The Morgan fingerprint density at radius 3 is 2.41 bits per heavy atom. The minimum atomic E-state index is 0.0573. The minimum absolute atomic E-state index is 0.0573. The van der Waals surface area contributed by atoms with E-state index in [1.54, 1.807) is 0 Å². The maximum Gasteiger partial charge on any atom is 0.230 e. The molecule has 1 saturated heterocycles. The van der Waals surface area contributed by atoms with Gasteiger partial charge in [0.15, 0.2) is 5.78 Å². The topological polar surface area (TPSA) is 37.4 Å². The van der Waals surface area contributed by atoms with Crippen LogP contribution in [0.2, 0.25) is 0 Å². The average molecular weight is 235 g/mol. The minimum Gasteiger partial charge on any atom is -0.331 e. The van der Waals surface area contributed by atoms with Crippen LogP contribution in [0.5, 0.6) is 0 Å². The van der Waals surface area contributed by atoms with Gasteiger partial charge in [0.25, 0.3) is 0 Å². The molecule has 2 aliphatic carbocycles. The van der Waals surface area contributed by atoms with Crippen molar-refractivity contribution in [1.29, 1.82) is 0 Å². The van der Waals surface area contributed by atoms with Gasteiger partial charge in [-0.05, 0) is 36.0 Å². The van der Waals surface area contributed by atoms with Crippen LogP contribution < -0.4 is 0 Å². The Kier molecular flexibility index (Phi) is 2.06. The standard InChI is InChI=1S/C14H21NO2/c1-13(2)9-4-5-14(3,7-9)12(13)15-8-10(16)6-11(15)17/h9,12H,4-8H2,1-3H3. The van der Waals surface area contributed by atoms with Gasteiger partial charge in [-0.15, -0.1) is 0 Å². The molecule has 3 unspecified atom stereocenters. The van der Waals surface area contributed by atoms with E-state index in [0.29, 0.717) is 6.54 Å². The summed E-state index contributed by atoms with van der Waals surface area (Å²) in [7, 11) is 0. The van der Waals surface area contributed by atoms with E-state index in [1.807, 2.05) is 4.90 Å². The number of ketones is 1. The third-order valence-electron chi connectivity index (χ3n) is 5.52. The van der Waals surface area contributed by atoms with E-state index in [9.17, 15) is 9.59 Å². The van der Waals surface area contributed by atoms with Gasteiger partial charge in [0, 0.05) is 6.04 Å². The van der Waals surface area contributed by atoms with Crippen LogP contribution in [-0.2, 0) is 9.59 Å². The average Bonchev–Trinajstić information content (AvgIpc) is 2.76. The van der Waals surface area contributed by atoms with Gasteiger partial charge in [0.2, 0.25) is 5.91 Å². The molecular weight excluding hydrogens is 214 g/mol. The normalized spacial score (nSPS) is 43.8. The SMILES string of the molecule is CC12CCC(C1)C(C)(C)C2N1CC(=O)CC1=O. The Labute approximate surface area is 103 Å². The van der Waals surface area contributed by atoms with Crippen LogP contribution in [0.15, 0.2) is 0 Å². The van der Waals surface area contributed by atoms with Crippen molar-refractivity contribution in [3.8, 4) is 0 Å². The van der Waals surface area contributed by atoms with Crippen molar-refractivity contribution in [3.05, 3.63) is 0 Å². The Bertz CT molecular complexity index is 396. The molecule has 2 saturated carbocycles. The second kappa shape index (κ2) is 3.12. The van der Waals surface area contributed by atoms with E-state index >= 15 is 0 Å². The molecule has 1 heterocycles. The van der Waals surface area contributed by atoms with Crippen molar-refractivity contribution in [2.45, 2.75) is 52.5 Å². The lowest BCUT2D eigenvalue weighted by molar-refractivity contribution is -0.135. The third-order valence-corrected chi connectivity index (χ3v) is 5.52. The number of Topliss-reactive ketones (excluding diaryl/α,β-unsaturated/α-hetero) is 1. The molecule has 2 bridgehead atoms. The first-order valence-electron chi connectivity index (χ1n) is 6.66. The molecule has 3 rings (SSSR count). The number of rotatable bonds is 1. The van der Waals surface area contributed by atoms with E-state index in [-0.39, 0.29) is 35.0 Å². The quantitative estimate of drug-likeness (QED) is 0.652. The number of carbonyl (C=O) groups is 2. The molecule has 3 atom stereocenters. The Morgan fingerprint density at radius 1 is 1.24 bits per heavy atom. The fraction of sp³-hybridized carbons (Fsp3) is 0.857. The number of carbonyl (C=O) groups excluding carboxylic acids is 2. The molecular formula is C14H21NO2. The number of amides is 1. The fourth-order valence-electron chi connectivity index (χ4n) is 4.89. The summed E-state index contributed by atoms with van der Waals surface area (Å²) in [5.41, 5.74) is 0.418. The molecule has 17 heavy (non-hydrogen) atoms. The van der Waals surface area contributed by atoms with E-state index in [4.69, 9.17) is 0 Å². The molecule has 1 aliphatic heterocycles. The highest BCUT2D eigenvalue weighted by molar-refractivity contribution is 6.05. The van der Waals surface area contributed by atoms with Crippen LogP contribution in [0.4, 0.5) is 0 Å². The first kappa shape index (κ1) is 11.2. The first-order chi connectivity index (χ1) is 7.84. The zero-order valence-electron chi connectivity index (χ0n) is 11.0. The third kappa shape index (κ3) is 1.34. The lowest BCUT2D eigenvalue weighted by atomic mass is 9.67. The maximum absolute atomic E-state index is 12.0. The van der Waals surface area contributed by atoms with Crippen LogP contribution in [-0.4, -0.2) is 29.2 Å². The van der Waals surface area contributed by atoms with Crippen molar-refractivity contribution in [2.24, 2.45) is 16.7 Å². The fourth-order valence-corrected chi connectivity index (χ4v) is 4.89. The predicted octanol–water partition coefficient (Wildman–Crippen LogP) is 2.00. The van der Waals surface area contributed by atoms with Crippen LogP contribution in [0.3, 0.4) is 0 Å². The first-order valence-corrected chi connectivity index (χ1v) is 6.66. The highest BCUT2D eigenvalue weighted by Gasteiger charge is 2.62. The van der Waals surface area contributed by atoms with Crippen molar-refractivity contribution >= 4 is 11.7 Å². The van der Waals surface area contributed by atoms with Crippen LogP contribution in [0.25, 0.3) is 0 Å². The van der Waals surface area contributed by atoms with Gasteiger partial charge >= 0.3 is 0 Å². The Balaban J connectivity index is 1.97. The Hall–Kier alpha value is -0.860. The van der Waals surface area contributed by atoms with Crippen molar-refractivity contribution in [1.82, 2.24) is 4.90 Å². The molecule has 0 radical (unpaired) electrons. The zero-order chi connectivity index (χ0) is 12.4. The summed E-state index contributed by atoms with van der Waals surface area (Å²) in [6, 6.07) is 0.271. The van der Waals surface area contributed by atoms with Gasteiger partial charge < -0.3 is 4.90 Å². The highest BCUT2D eigenvalue weighted by atomic mass is 16.2. The summed E-state index contributed by atoms with van der Waals surface area (Å²) in [6.45, 7) is 7.23. The van der Waals surface area contributed by atoms with Crippen molar-refractivity contribution in [2.75, 3.05) is 6.54 Å². The monoisotopic (exact) mass is 235 g/mol. The molecule has 3 heteroatoms. The molecule has 3 nitrogen and oxygen atoms in total. The smallest absolute Gasteiger partial charge is 0.230 e. The molecule has 0 aromatic carbocycles. The summed E-state index contributed by atoms with van der Waals surface area (Å²) in [4.78, 5) is 25.4. The lowest BCUT2D eigenvalue weighted by Crippen LogP contribution is -2.53. The zero-order valence-corrected chi connectivity index (χ0v) is 11.0. The molecule has 0 N–H and O–H groups in total. The summed E-state index contributed by atoms with van der Waals surface area (Å²) >= 11 is 0. The molecule has 0 aromatic heterocycles. The molecule has 1 amide bonds. The van der Waals surface area contributed by atoms with Gasteiger partial charge in [-0.3, -0.25) is 9.59 Å². The predicted molar refractivity (Wildman–Crippen MR) is 64.4 cm³/mol. The van der Waals surface area contributed by atoms with Crippen LogP contribution in [0, 0.1) is 16.7 Å². The molecule has 0 aromatic rings. The lowest BCUT2D eigenvalue weighted by Gasteiger charge is -2.47. The number of hydrogen-bond acceptors (Lipinski definition) is 2. The van der Waals surface area contributed by atoms with Gasteiger partial charge in [-0.25, -0.2) is 0 Å². The number of likely N-dealkylation sites (tertiary alicyclic amines) is 1. The van der Waals surface area contributed by atoms with Gasteiger partial charge in [-0.2, -0.15) is 0 Å². The maximum atomic E-state index is 12.0. The van der Waals surface area contributed by atoms with E-state index in [0.717, 1.165) is 5.92 Å². The second-order valence-electron chi connectivity index (χ2n) is 7.05. The Morgan fingerprint density at radius 2 is 1.94 bits per heavy atom. The largest absolute Gasteiger partial charge is 0.331 e. The van der Waals surface area contributed by atoms with Crippen molar-refractivity contribution in [3.63, 3.8) is 0 Å². The molecule has 3 fully saturated rings. The number of nitrogens with zero attached hydrogens (tertiary/aromatic N) is 1. The summed E-state index contributed by atoms with van der Waals surface area (Å²) in [5.74, 6) is 0.875. The van der Waals surface area contributed by atoms with Crippen molar-refractivity contribution < 1.29 is 9.59 Å². The van der Waals surface area contributed by atoms with E-state index in [2.05, 4.69) is 20.8 Å². The number of fused-ring (bicyclic) bond motifs is 2. The van der Waals surface area contributed by atoms with Crippen LogP contribution >= 0.6 is 0 Å². The van der Waals surface area contributed by atoms with E-state index < -0.39 is 0 Å². The second-order valence-corrected chi connectivity index (χ2v) is 7.05. The molecule has 0 spiro atoms. The molecule has 94 valence electrons. The van der Waals surface area contributed by atoms with Crippen LogP contribution in [0.1, 0.15) is 46.5 Å². The van der Waals surface area contributed by atoms with Gasteiger partial charge in [0.05, 0.1) is 13.0 Å². The highest BCUT2D eigenvalue weighted by Crippen LogP contribution is 2.64. The van der Waals surface area contributed by atoms with Gasteiger partial charge in [0.1, 0.15) is 0 Å². The summed E-state index contributed by atoms with van der Waals surface area (Å²) < 4.78 is 0.